The van der Waals surface area contributed by atoms with Gasteiger partial charge in [-0.2, -0.15) is 0 Å². The molecule has 2 aromatic carbocycles. The molecule has 1 aliphatic heterocycles. The first kappa shape index (κ1) is 13.8. The molecule has 1 aliphatic rings. The van der Waals surface area contributed by atoms with E-state index in [1.165, 1.54) is 0 Å². The molecule has 0 bridgehead atoms. The molecule has 8 nitrogen and oxygen atoms in total. The minimum Gasteiger partial charge on any atom is -0.454 e. The van der Waals surface area contributed by atoms with E-state index in [-0.39, 0.29) is 12.6 Å². The van der Waals surface area contributed by atoms with Crippen LogP contribution in [0.15, 0.2) is 47.1 Å². The van der Waals surface area contributed by atoms with Crippen LogP contribution < -0.4 is 15.2 Å². The number of nitrogen functional groups attached to an aromatic ring is 1. The summed E-state index contributed by atoms with van der Waals surface area (Å²) in [4.78, 5) is 4.65. The van der Waals surface area contributed by atoms with Gasteiger partial charge in [0, 0.05) is 6.54 Å². The lowest BCUT2D eigenvalue weighted by Gasteiger charge is -2.09. The number of rotatable bonds is 3. The number of aromatic nitrogens is 4. The van der Waals surface area contributed by atoms with Crippen LogP contribution in [-0.2, 0) is 6.54 Å². The van der Waals surface area contributed by atoms with Crippen LogP contribution in [0.4, 0.5) is 5.82 Å². The predicted molar refractivity (Wildman–Crippen MR) is 89.1 cm³/mol. The molecule has 0 aliphatic carbocycles. The summed E-state index contributed by atoms with van der Waals surface area (Å²) in [6.07, 6.45) is 0. The van der Waals surface area contributed by atoms with Gasteiger partial charge in [-0.1, -0.05) is 18.2 Å². The smallest absolute Gasteiger partial charge is 0.231 e. The van der Waals surface area contributed by atoms with E-state index in [1.54, 1.807) is 0 Å². The number of nitrogens with two attached hydrogens (primary N) is 1. The second kappa shape index (κ2) is 5.23. The second-order valence-corrected chi connectivity index (χ2v) is 5.70. The number of para-hydroxylation sites is 2. The summed E-state index contributed by atoms with van der Waals surface area (Å²) in [5, 5.41) is 7.56. The maximum absolute atomic E-state index is 5.87. The predicted octanol–water partition coefficient (Wildman–Crippen LogP) is 2.45. The maximum Gasteiger partial charge on any atom is 0.231 e. The monoisotopic (exact) mass is 335 g/mol. The highest BCUT2D eigenvalue weighted by Gasteiger charge is 2.20. The van der Waals surface area contributed by atoms with E-state index in [2.05, 4.69) is 15.3 Å². The summed E-state index contributed by atoms with van der Waals surface area (Å²) < 4.78 is 17.6. The third kappa shape index (κ3) is 2.18. The fraction of sp³-hybridized carbons (Fsp3) is 0.118. The van der Waals surface area contributed by atoms with Gasteiger partial charge in [0.2, 0.25) is 6.79 Å². The Morgan fingerprint density at radius 1 is 1.04 bits per heavy atom. The number of fused-ring (bicyclic) bond motifs is 2. The molecule has 25 heavy (non-hydrogen) atoms. The SMILES string of the molecule is Nc1nonc1-c1nc2ccccc2n1Cc1ccc2c(c1)OCO2. The third-order valence-electron chi connectivity index (χ3n) is 4.16. The first-order valence-electron chi connectivity index (χ1n) is 7.72. The number of hydrogen-bond acceptors (Lipinski definition) is 7. The van der Waals surface area contributed by atoms with Crippen molar-refractivity contribution >= 4 is 16.9 Å². The molecule has 5 rings (SSSR count). The molecular weight excluding hydrogens is 322 g/mol. The third-order valence-corrected chi connectivity index (χ3v) is 4.16. The molecule has 3 heterocycles. The van der Waals surface area contributed by atoms with Crippen LogP contribution in [0.3, 0.4) is 0 Å². The van der Waals surface area contributed by atoms with Crippen LogP contribution in [0.2, 0.25) is 0 Å². The Morgan fingerprint density at radius 3 is 2.80 bits per heavy atom. The summed E-state index contributed by atoms with van der Waals surface area (Å²) in [5.74, 6) is 2.32. The summed E-state index contributed by atoms with van der Waals surface area (Å²) in [7, 11) is 0. The van der Waals surface area contributed by atoms with Gasteiger partial charge in [0.1, 0.15) is 0 Å². The van der Waals surface area contributed by atoms with Gasteiger partial charge in [-0.3, -0.25) is 0 Å². The molecule has 4 aromatic rings. The molecule has 0 radical (unpaired) electrons. The molecule has 0 atom stereocenters. The average molecular weight is 335 g/mol. The number of ether oxygens (including phenoxy) is 2. The summed E-state index contributed by atoms with van der Waals surface area (Å²) in [6, 6.07) is 13.7. The number of hydrogen-bond donors (Lipinski definition) is 1. The number of benzene rings is 2. The molecule has 2 aromatic heterocycles. The van der Waals surface area contributed by atoms with Crippen molar-refractivity contribution in [3.8, 4) is 23.0 Å². The lowest BCUT2D eigenvalue weighted by molar-refractivity contribution is 0.174. The largest absolute Gasteiger partial charge is 0.454 e. The van der Waals surface area contributed by atoms with E-state index in [1.807, 2.05) is 47.0 Å². The zero-order valence-corrected chi connectivity index (χ0v) is 13.0. The second-order valence-electron chi connectivity index (χ2n) is 5.70. The number of nitrogens with zero attached hydrogens (tertiary/aromatic N) is 4. The van der Waals surface area contributed by atoms with Crippen molar-refractivity contribution in [1.82, 2.24) is 19.9 Å². The van der Waals surface area contributed by atoms with Crippen LogP contribution in [0.1, 0.15) is 5.56 Å². The van der Waals surface area contributed by atoms with Crippen molar-refractivity contribution < 1.29 is 14.1 Å². The van der Waals surface area contributed by atoms with Crippen molar-refractivity contribution in [2.45, 2.75) is 6.54 Å². The van der Waals surface area contributed by atoms with E-state index in [0.717, 1.165) is 28.1 Å². The molecular formula is C17H13N5O3. The van der Waals surface area contributed by atoms with E-state index in [9.17, 15) is 0 Å². The van der Waals surface area contributed by atoms with E-state index in [0.29, 0.717) is 18.1 Å². The van der Waals surface area contributed by atoms with Gasteiger partial charge < -0.3 is 19.8 Å². The van der Waals surface area contributed by atoms with Crippen LogP contribution >= 0.6 is 0 Å². The van der Waals surface area contributed by atoms with Gasteiger partial charge >= 0.3 is 0 Å². The van der Waals surface area contributed by atoms with Gasteiger partial charge in [-0.15, -0.1) is 0 Å². The highest BCUT2D eigenvalue weighted by molar-refractivity contribution is 5.81. The van der Waals surface area contributed by atoms with Crippen molar-refractivity contribution in [3.63, 3.8) is 0 Å². The average Bonchev–Trinajstić information content (AvgIpc) is 3.33. The Labute approximate surface area is 141 Å². The first-order chi connectivity index (χ1) is 12.3. The minimum absolute atomic E-state index is 0.210. The lowest BCUT2D eigenvalue weighted by Crippen LogP contribution is -2.03. The zero-order chi connectivity index (χ0) is 16.8. The molecule has 0 fully saturated rings. The molecule has 8 heteroatoms. The summed E-state index contributed by atoms with van der Waals surface area (Å²) >= 11 is 0. The Kier molecular flexibility index (Phi) is 2.90. The molecule has 2 N–H and O–H groups in total. The molecule has 124 valence electrons. The van der Waals surface area contributed by atoms with Gasteiger partial charge in [-0.25, -0.2) is 9.61 Å². The lowest BCUT2D eigenvalue weighted by atomic mass is 10.2. The summed E-state index contributed by atoms with van der Waals surface area (Å²) in [5.41, 5.74) is 9.16. The fourth-order valence-electron chi connectivity index (χ4n) is 2.99. The minimum atomic E-state index is 0.210. The quantitative estimate of drug-likeness (QED) is 0.613. The van der Waals surface area contributed by atoms with Gasteiger partial charge in [0.25, 0.3) is 0 Å². The van der Waals surface area contributed by atoms with Crippen LogP contribution in [-0.4, -0.2) is 26.7 Å². The van der Waals surface area contributed by atoms with Crippen LogP contribution in [0.5, 0.6) is 11.5 Å². The number of anilines is 1. The normalized spacial score (nSPS) is 12.8. The Hall–Kier alpha value is -3.55. The van der Waals surface area contributed by atoms with E-state index < -0.39 is 0 Å². The highest BCUT2D eigenvalue weighted by atomic mass is 16.7. The van der Waals surface area contributed by atoms with Crippen molar-refractivity contribution in [2.75, 3.05) is 12.5 Å². The van der Waals surface area contributed by atoms with Gasteiger partial charge in [0.15, 0.2) is 28.8 Å². The highest BCUT2D eigenvalue weighted by Crippen LogP contribution is 2.34. The Balaban J connectivity index is 1.65. The van der Waals surface area contributed by atoms with E-state index >= 15 is 0 Å². The van der Waals surface area contributed by atoms with Crippen molar-refractivity contribution in [2.24, 2.45) is 0 Å². The van der Waals surface area contributed by atoms with Gasteiger partial charge in [0.05, 0.1) is 11.0 Å². The van der Waals surface area contributed by atoms with E-state index in [4.69, 9.17) is 19.8 Å². The molecule has 0 spiro atoms. The van der Waals surface area contributed by atoms with Crippen LogP contribution in [0, 0.1) is 0 Å². The zero-order valence-electron chi connectivity index (χ0n) is 13.0. The molecule has 0 saturated carbocycles. The fourth-order valence-corrected chi connectivity index (χ4v) is 2.99. The first-order valence-corrected chi connectivity index (χ1v) is 7.72. The molecule has 0 saturated heterocycles. The topological polar surface area (TPSA) is 101 Å². The molecule has 0 amide bonds. The van der Waals surface area contributed by atoms with Crippen molar-refractivity contribution in [3.05, 3.63) is 48.0 Å². The standard InChI is InChI=1S/C17H13N5O3/c18-16-15(20-25-21-16)17-19-11-3-1-2-4-12(11)22(17)8-10-5-6-13-14(7-10)24-9-23-13/h1-7H,8-9H2,(H2,18,21). The van der Waals surface area contributed by atoms with Crippen LogP contribution in [0.25, 0.3) is 22.6 Å². The van der Waals surface area contributed by atoms with Crippen molar-refractivity contribution in [1.29, 1.82) is 0 Å². The molecule has 0 unspecified atom stereocenters. The number of imidazole rings is 1. The summed E-state index contributed by atoms with van der Waals surface area (Å²) in [6.45, 7) is 0.817. The Morgan fingerprint density at radius 2 is 1.92 bits per heavy atom. The Bertz CT molecular complexity index is 1090. The van der Waals surface area contributed by atoms with Gasteiger partial charge in [-0.05, 0) is 40.1 Å². The maximum atomic E-state index is 5.87.